The second kappa shape index (κ2) is 7.89. The number of benzene rings is 2. The van der Waals surface area contributed by atoms with Gasteiger partial charge in [0.25, 0.3) is 5.91 Å². The van der Waals surface area contributed by atoms with E-state index in [1.54, 1.807) is 23.1 Å². The number of aryl methyl sites for hydroxylation is 1. The van der Waals surface area contributed by atoms with E-state index < -0.39 is 0 Å². The summed E-state index contributed by atoms with van der Waals surface area (Å²) in [4.78, 5) is 18.7. The van der Waals surface area contributed by atoms with Crippen LogP contribution in [0.3, 0.4) is 0 Å². The predicted octanol–water partition coefficient (Wildman–Crippen LogP) is 5.01. The minimum absolute atomic E-state index is 0.202. The molecular formula is C19H17Cl2N3O2. The van der Waals surface area contributed by atoms with Crippen LogP contribution in [0.2, 0.25) is 10.0 Å². The van der Waals surface area contributed by atoms with Crippen molar-refractivity contribution in [3.8, 4) is 11.4 Å². The molecule has 26 heavy (non-hydrogen) atoms. The number of halogens is 2. The van der Waals surface area contributed by atoms with Crippen LogP contribution in [-0.2, 0) is 6.54 Å². The number of nitrogens with zero attached hydrogens (tertiary/aromatic N) is 3. The van der Waals surface area contributed by atoms with E-state index >= 15 is 0 Å². The molecule has 2 aromatic carbocycles. The van der Waals surface area contributed by atoms with Gasteiger partial charge in [0, 0.05) is 17.1 Å². The lowest BCUT2D eigenvalue weighted by atomic mass is 10.1. The molecule has 0 bridgehead atoms. The van der Waals surface area contributed by atoms with Gasteiger partial charge in [0.15, 0.2) is 0 Å². The molecule has 0 radical (unpaired) electrons. The molecule has 0 fully saturated rings. The first kappa shape index (κ1) is 18.4. The Morgan fingerprint density at radius 2 is 1.88 bits per heavy atom. The van der Waals surface area contributed by atoms with Crippen LogP contribution in [0, 0.1) is 6.92 Å². The maximum Gasteiger partial charge on any atom is 0.255 e. The zero-order chi connectivity index (χ0) is 18.7. The summed E-state index contributed by atoms with van der Waals surface area (Å²) in [7, 11) is 0. The topological polar surface area (TPSA) is 59.2 Å². The molecule has 0 spiro atoms. The van der Waals surface area contributed by atoms with Gasteiger partial charge in [-0.15, -0.1) is 0 Å². The third-order valence-electron chi connectivity index (χ3n) is 3.93. The Hall–Kier alpha value is -2.37. The van der Waals surface area contributed by atoms with Gasteiger partial charge in [-0.25, -0.2) is 0 Å². The molecule has 0 N–H and O–H groups in total. The normalized spacial score (nSPS) is 10.8. The Labute approximate surface area is 161 Å². The number of hydrogen-bond donors (Lipinski definition) is 0. The molecule has 3 aromatic rings. The smallest absolute Gasteiger partial charge is 0.255 e. The lowest BCUT2D eigenvalue weighted by molar-refractivity contribution is 0.0734. The summed E-state index contributed by atoms with van der Waals surface area (Å²) >= 11 is 12.0. The van der Waals surface area contributed by atoms with Crippen LogP contribution in [-0.4, -0.2) is 27.5 Å². The maximum absolute atomic E-state index is 12.7. The van der Waals surface area contributed by atoms with Gasteiger partial charge in [-0.2, -0.15) is 4.98 Å². The van der Waals surface area contributed by atoms with Crippen molar-refractivity contribution in [1.82, 2.24) is 15.0 Å². The van der Waals surface area contributed by atoms with Crippen molar-refractivity contribution in [3.05, 3.63) is 69.5 Å². The third-order valence-corrected chi connectivity index (χ3v) is 4.48. The maximum atomic E-state index is 12.7. The number of aromatic nitrogens is 2. The quantitative estimate of drug-likeness (QED) is 0.614. The van der Waals surface area contributed by atoms with Gasteiger partial charge < -0.3 is 9.42 Å². The molecule has 134 valence electrons. The molecule has 1 amide bonds. The molecule has 0 saturated carbocycles. The zero-order valence-electron chi connectivity index (χ0n) is 14.4. The van der Waals surface area contributed by atoms with Crippen molar-refractivity contribution in [2.24, 2.45) is 0 Å². The van der Waals surface area contributed by atoms with Gasteiger partial charge in [-0.1, -0.05) is 58.2 Å². The highest BCUT2D eigenvalue weighted by Gasteiger charge is 2.20. The fraction of sp³-hybridized carbons (Fsp3) is 0.211. The van der Waals surface area contributed by atoms with Crippen molar-refractivity contribution >= 4 is 29.1 Å². The Morgan fingerprint density at radius 1 is 1.15 bits per heavy atom. The molecule has 0 unspecified atom stereocenters. The number of hydrogen-bond acceptors (Lipinski definition) is 4. The molecule has 3 rings (SSSR count). The Bertz CT molecular complexity index is 923. The average molecular weight is 390 g/mol. The third kappa shape index (κ3) is 4.06. The Balaban J connectivity index is 1.78. The average Bonchev–Trinajstić information content (AvgIpc) is 3.08. The highest BCUT2D eigenvalue weighted by molar-refractivity contribution is 6.36. The highest BCUT2D eigenvalue weighted by atomic mass is 35.5. The Morgan fingerprint density at radius 3 is 2.54 bits per heavy atom. The summed E-state index contributed by atoms with van der Waals surface area (Å²) in [6, 6.07) is 12.6. The molecule has 0 aliphatic rings. The van der Waals surface area contributed by atoms with Gasteiger partial charge in [-0.05, 0) is 32.0 Å². The number of rotatable bonds is 5. The van der Waals surface area contributed by atoms with Crippen LogP contribution in [0.1, 0.15) is 28.7 Å². The van der Waals surface area contributed by atoms with Crippen LogP contribution in [0.15, 0.2) is 47.0 Å². The number of amides is 1. The standard InChI is InChI=1S/C19H17Cl2N3O2/c1-3-24(19(25)15-9-8-14(20)10-16(15)21)11-17-22-18(23-26-17)13-6-4-12(2)5-7-13/h4-10H,3,11H2,1-2H3. The van der Waals surface area contributed by atoms with Crippen LogP contribution in [0.25, 0.3) is 11.4 Å². The summed E-state index contributed by atoms with van der Waals surface area (Å²) in [5.74, 6) is 0.637. The minimum Gasteiger partial charge on any atom is -0.337 e. The molecule has 0 aliphatic carbocycles. The van der Waals surface area contributed by atoms with Crippen LogP contribution >= 0.6 is 23.2 Å². The lowest BCUT2D eigenvalue weighted by Gasteiger charge is -2.19. The predicted molar refractivity (Wildman–Crippen MR) is 101 cm³/mol. The number of carbonyl (C=O) groups is 1. The van der Waals surface area contributed by atoms with Crippen molar-refractivity contribution in [1.29, 1.82) is 0 Å². The van der Waals surface area contributed by atoms with E-state index in [0.29, 0.717) is 33.9 Å². The first-order valence-corrected chi connectivity index (χ1v) is 8.87. The van der Waals surface area contributed by atoms with Gasteiger partial charge >= 0.3 is 0 Å². The summed E-state index contributed by atoms with van der Waals surface area (Å²) in [5, 5.41) is 4.79. The molecular weight excluding hydrogens is 373 g/mol. The monoisotopic (exact) mass is 389 g/mol. The molecule has 5 nitrogen and oxygen atoms in total. The van der Waals surface area contributed by atoms with E-state index in [4.69, 9.17) is 27.7 Å². The minimum atomic E-state index is -0.218. The van der Waals surface area contributed by atoms with Gasteiger partial charge in [0.1, 0.15) is 6.54 Å². The van der Waals surface area contributed by atoms with Gasteiger partial charge in [0.05, 0.1) is 10.6 Å². The fourth-order valence-corrected chi connectivity index (χ4v) is 2.95. The molecule has 1 heterocycles. The molecule has 7 heteroatoms. The van der Waals surface area contributed by atoms with Crippen molar-refractivity contribution in [2.45, 2.75) is 20.4 Å². The summed E-state index contributed by atoms with van der Waals surface area (Å²) in [6.45, 7) is 4.56. The second-order valence-corrected chi connectivity index (χ2v) is 6.66. The van der Waals surface area contributed by atoms with E-state index in [1.165, 1.54) is 0 Å². The zero-order valence-corrected chi connectivity index (χ0v) is 15.9. The van der Waals surface area contributed by atoms with Gasteiger partial charge in [0.2, 0.25) is 11.7 Å². The molecule has 0 aliphatic heterocycles. The van der Waals surface area contributed by atoms with E-state index in [0.717, 1.165) is 11.1 Å². The highest BCUT2D eigenvalue weighted by Crippen LogP contribution is 2.23. The lowest BCUT2D eigenvalue weighted by Crippen LogP contribution is -2.30. The number of carbonyl (C=O) groups excluding carboxylic acids is 1. The van der Waals surface area contributed by atoms with Crippen LogP contribution in [0.4, 0.5) is 0 Å². The first-order chi connectivity index (χ1) is 12.5. The fourth-order valence-electron chi connectivity index (χ4n) is 2.46. The van der Waals surface area contributed by atoms with E-state index in [9.17, 15) is 4.79 Å². The summed E-state index contributed by atoms with van der Waals surface area (Å²) in [6.07, 6.45) is 0. The summed E-state index contributed by atoms with van der Waals surface area (Å²) < 4.78 is 5.31. The SMILES string of the molecule is CCN(Cc1nc(-c2ccc(C)cc2)no1)C(=O)c1ccc(Cl)cc1Cl. The molecule has 0 atom stereocenters. The second-order valence-electron chi connectivity index (χ2n) is 5.82. The molecule has 0 saturated heterocycles. The van der Waals surface area contributed by atoms with Crippen LogP contribution in [0.5, 0.6) is 0 Å². The van der Waals surface area contributed by atoms with Crippen LogP contribution < -0.4 is 0 Å². The van der Waals surface area contributed by atoms with Gasteiger partial charge in [-0.3, -0.25) is 4.79 Å². The van der Waals surface area contributed by atoms with Crippen molar-refractivity contribution in [3.63, 3.8) is 0 Å². The van der Waals surface area contributed by atoms with Crippen molar-refractivity contribution < 1.29 is 9.32 Å². The van der Waals surface area contributed by atoms with E-state index in [1.807, 2.05) is 38.1 Å². The largest absolute Gasteiger partial charge is 0.337 e. The summed E-state index contributed by atoms with van der Waals surface area (Å²) in [5.41, 5.74) is 2.40. The van der Waals surface area contributed by atoms with Crippen molar-refractivity contribution in [2.75, 3.05) is 6.54 Å². The van der Waals surface area contributed by atoms with E-state index in [2.05, 4.69) is 10.1 Å². The molecule has 1 aromatic heterocycles. The Kier molecular flexibility index (Phi) is 5.59. The van der Waals surface area contributed by atoms with E-state index in [-0.39, 0.29) is 12.5 Å². The first-order valence-electron chi connectivity index (χ1n) is 8.12.